The molecular formula is C25H23FN4OS. The van der Waals surface area contributed by atoms with E-state index in [1.807, 2.05) is 54.3 Å². The molecule has 0 aliphatic carbocycles. The third-order valence-electron chi connectivity index (χ3n) is 5.67. The molecule has 5 nitrogen and oxygen atoms in total. The van der Waals surface area contributed by atoms with Crippen molar-refractivity contribution in [1.29, 1.82) is 0 Å². The second-order valence-electron chi connectivity index (χ2n) is 7.78. The first kappa shape index (κ1) is 20.7. The highest BCUT2D eigenvalue weighted by Gasteiger charge is 2.29. The Morgan fingerprint density at radius 1 is 1.06 bits per heavy atom. The van der Waals surface area contributed by atoms with Gasteiger partial charge in [0.1, 0.15) is 11.3 Å². The van der Waals surface area contributed by atoms with E-state index in [1.165, 1.54) is 23.9 Å². The Bertz CT molecular complexity index is 1280. The summed E-state index contributed by atoms with van der Waals surface area (Å²) in [4.78, 5) is 21.0. The van der Waals surface area contributed by atoms with Crippen LogP contribution in [0.1, 0.15) is 15.9 Å². The molecule has 1 fully saturated rings. The van der Waals surface area contributed by atoms with Gasteiger partial charge in [-0.2, -0.15) is 0 Å². The van der Waals surface area contributed by atoms with E-state index in [1.54, 1.807) is 12.3 Å². The predicted octanol–water partition coefficient (Wildman–Crippen LogP) is 4.67. The number of carbonyl (C=O) groups is 1. The number of aromatic nitrogens is 2. The molecule has 0 atom stereocenters. The van der Waals surface area contributed by atoms with Crippen LogP contribution in [0.4, 0.5) is 4.39 Å². The number of rotatable bonds is 4. The summed E-state index contributed by atoms with van der Waals surface area (Å²) >= 11 is 1.41. The van der Waals surface area contributed by atoms with Crippen LogP contribution in [0.25, 0.3) is 16.7 Å². The first-order chi connectivity index (χ1) is 15.6. The van der Waals surface area contributed by atoms with Crippen LogP contribution in [-0.2, 0) is 0 Å². The lowest BCUT2D eigenvalue weighted by molar-refractivity contribution is 0.0734. The van der Waals surface area contributed by atoms with Gasteiger partial charge in [-0.15, -0.1) is 0 Å². The lowest BCUT2D eigenvalue weighted by atomic mass is 10.2. The van der Waals surface area contributed by atoms with E-state index < -0.39 is 0 Å². The summed E-state index contributed by atoms with van der Waals surface area (Å²) in [6, 6.07) is 18.5. The molecule has 1 aliphatic rings. The third kappa shape index (κ3) is 3.78. The van der Waals surface area contributed by atoms with Crippen LogP contribution in [0.2, 0.25) is 0 Å². The summed E-state index contributed by atoms with van der Waals surface area (Å²) < 4.78 is 16.2. The number of nitrogens with zero attached hydrogens (tertiary/aromatic N) is 3. The highest BCUT2D eigenvalue weighted by molar-refractivity contribution is 7.99. The number of aryl methyl sites for hydroxylation is 1. The fraction of sp³-hybridized carbons (Fsp3) is 0.200. The minimum Gasteiger partial charge on any atom is -0.336 e. The van der Waals surface area contributed by atoms with Gasteiger partial charge in [-0.05, 0) is 48.9 Å². The predicted molar refractivity (Wildman–Crippen MR) is 125 cm³/mol. The first-order valence-electron chi connectivity index (χ1n) is 10.6. The molecule has 0 spiro atoms. The van der Waals surface area contributed by atoms with Crippen molar-refractivity contribution < 1.29 is 9.18 Å². The zero-order valence-electron chi connectivity index (χ0n) is 17.7. The zero-order chi connectivity index (χ0) is 22.1. The van der Waals surface area contributed by atoms with Crippen molar-refractivity contribution in [1.82, 2.24) is 19.8 Å². The standard InChI is InChI=1S/C25H23FN4OS/c1-17-9-10-18(26)16-21(17)32-25-22(24(31)29-14-12-27-13-15-29)23-20(8-5-11-28-23)30(25)19-6-3-2-4-7-19/h2-11,16,27H,12-15H2,1H3. The summed E-state index contributed by atoms with van der Waals surface area (Å²) in [6.07, 6.45) is 1.72. The number of hydrogen-bond acceptors (Lipinski definition) is 4. The lowest BCUT2D eigenvalue weighted by Gasteiger charge is -2.27. The fourth-order valence-electron chi connectivity index (χ4n) is 4.03. The minimum absolute atomic E-state index is 0.0403. The van der Waals surface area contributed by atoms with E-state index in [4.69, 9.17) is 0 Å². The van der Waals surface area contributed by atoms with E-state index in [2.05, 4.69) is 14.9 Å². The number of pyridine rings is 1. The van der Waals surface area contributed by atoms with Gasteiger partial charge in [0.05, 0.1) is 16.1 Å². The number of carbonyl (C=O) groups excluding carboxylic acids is 1. The van der Waals surface area contributed by atoms with Crippen molar-refractivity contribution in [3.05, 3.63) is 83.8 Å². The molecule has 1 amide bonds. The van der Waals surface area contributed by atoms with Gasteiger partial charge in [0, 0.05) is 43.0 Å². The van der Waals surface area contributed by atoms with Crippen molar-refractivity contribution in [2.75, 3.05) is 26.2 Å². The summed E-state index contributed by atoms with van der Waals surface area (Å²) in [6.45, 7) is 4.77. The molecule has 1 N–H and O–H groups in total. The number of halogens is 1. The van der Waals surface area contributed by atoms with Gasteiger partial charge in [-0.25, -0.2) is 4.39 Å². The van der Waals surface area contributed by atoms with E-state index in [-0.39, 0.29) is 11.7 Å². The highest BCUT2D eigenvalue weighted by atomic mass is 32.2. The Balaban J connectivity index is 1.76. The van der Waals surface area contributed by atoms with Gasteiger partial charge < -0.3 is 14.8 Å². The second kappa shape index (κ2) is 8.76. The van der Waals surface area contributed by atoms with Gasteiger partial charge in [0.25, 0.3) is 5.91 Å². The molecule has 3 heterocycles. The molecule has 5 rings (SSSR count). The van der Waals surface area contributed by atoms with Crippen LogP contribution in [0.15, 0.2) is 76.8 Å². The van der Waals surface area contributed by atoms with E-state index in [9.17, 15) is 9.18 Å². The molecule has 7 heteroatoms. The average molecular weight is 447 g/mol. The molecule has 4 aromatic rings. The lowest BCUT2D eigenvalue weighted by Crippen LogP contribution is -2.46. The van der Waals surface area contributed by atoms with Gasteiger partial charge >= 0.3 is 0 Å². The molecule has 0 unspecified atom stereocenters. The summed E-state index contributed by atoms with van der Waals surface area (Å²) in [5, 5.41) is 4.05. The SMILES string of the molecule is Cc1ccc(F)cc1Sc1c(C(=O)N2CCNCC2)c2ncccc2n1-c1ccccc1. The smallest absolute Gasteiger partial charge is 0.258 e. The molecule has 0 bridgehead atoms. The maximum Gasteiger partial charge on any atom is 0.258 e. The fourth-order valence-corrected chi connectivity index (χ4v) is 5.22. The van der Waals surface area contributed by atoms with Crippen LogP contribution in [0.5, 0.6) is 0 Å². The number of nitrogens with one attached hydrogen (secondary N) is 1. The Hall–Kier alpha value is -3.16. The Morgan fingerprint density at radius 2 is 1.84 bits per heavy atom. The molecule has 2 aromatic heterocycles. The van der Waals surface area contributed by atoms with Crippen molar-refractivity contribution in [3.8, 4) is 5.69 Å². The third-order valence-corrected chi connectivity index (χ3v) is 6.91. The van der Waals surface area contributed by atoms with Crippen molar-refractivity contribution in [2.24, 2.45) is 0 Å². The van der Waals surface area contributed by atoms with Crippen LogP contribution in [0, 0.1) is 12.7 Å². The molecular weight excluding hydrogens is 423 g/mol. The Labute approximate surface area is 190 Å². The number of fused-ring (bicyclic) bond motifs is 1. The molecule has 32 heavy (non-hydrogen) atoms. The van der Waals surface area contributed by atoms with E-state index in [0.717, 1.165) is 39.8 Å². The first-order valence-corrected chi connectivity index (χ1v) is 11.4. The van der Waals surface area contributed by atoms with Crippen LogP contribution < -0.4 is 5.32 Å². The van der Waals surface area contributed by atoms with Crippen molar-refractivity contribution in [2.45, 2.75) is 16.8 Å². The molecule has 1 aliphatic heterocycles. The summed E-state index contributed by atoms with van der Waals surface area (Å²) in [7, 11) is 0. The van der Waals surface area contributed by atoms with Crippen molar-refractivity contribution in [3.63, 3.8) is 0 Å². The summed E-state index contributed by atoms with van der Waals surface area (Å²) in [5.41, 5.74) is 3.97. The largest absolute Gasteiger partial charge is 0.336 e. The number of benzene rings is 2. The zero-order valence-corrected chi connectivity index (χ0v) is 18.5. The van der Waals surface area contributed by atoms with E-state index >= 15 is 0 Å². The molecule has 162 valence electrons. The number of hydrogen-bond donors (Lipinski definition) is 1. The van der Waals surface area contributed by atoms with Gasteiger partial charge in [0.15, 0.2) is 0 Å². The molecule has 0 radical (unpaired) electrons. The topological polar surface area (TPSA) is 50.2 Å². The van der Waals surface area contributed by atoms with Crippen LogP contribution in [0.3, 0.4) is 0 Å². The Kier molecular flexibility index (Phi) is 5.68. The van der Waals surface area contributed by atoms with Crippen LogP contribution in [-0.4, -0.2) is 46.5 Å². The normalized spacial score (nSPS) is 14.1. The van der Waals surface area contributed by atoms with Gasteiger partial charge in [-0.3, -0.25) is 9.78 Å². The molecule has 0 saturated carbocycles. The van der Waals surface area contributed by atoms with Crippen LogP contribution >= 0.6 is 11.8 Å². The Morgan fingerprint density at radius 3 is 2.62 bits per heavy atom. The monoisotopic (exact) mass is 446 g/mol. The second-order valence-corrected chi connectivity index (χ2v) is 8.81. The number of amides is 1. The van der Waals surface area contributed by atoms with Gasteiger partial charge in [0.2, 0.25) is 0 Å². The quantitative estimate of drug-likeness (QED) is 0.495. The van der Waals surface area contributed by atoms with Crippen molar-refractivity contribution >= 4 is 28.7 Å². The summed E-state index contributed by atoms with van der Waals surface area (Å²) in [5.74, 6) is -0.338. The number of para-hydroxylation sites is 1. The minimum atomic E-state index is -0.298. The average Bonchev–Trinajstić information content (AvgIpc) is 3.15. The van der Waals surface area contributed by atoms with E-state index in [0.29, 0.717) is 24.2 Å². The molecule has 2 aromatic carbocycles. The van der Waals surface area contributed by atoms with Gasteiger partial charge in [-0.1, -0.05) is 36.0 Å². The molecule has 1 saturated heterocycles. The maximum absolute atomic E-state index is 14.1. The maximum atomic E-state index is 14.1. The number of piperazine rings is 1. The highest BCUT2D eigenvalue weighted by Crippen LogP contribution is 2.40.